The number of benzene rings is 1. The second kappa shape index (κ2) is 5.66. The monoisotopic (exact) mass is 315 g/mol. The van der Waals surface area contributed by atoms with Crippen molar-refractivity contribution >= 4 is 21.6 Å². The fourth-order valence-corrected chi connectivity index (χ4v) is 5.94. The van der Waals surface area contributed by atoms with Gasteiger partial charge in [0.15, 0.2) is 9.84 Å². The highest BCUT2D eigenvalue weighted by Gasteiger charge is 2.29. The van der Waals surface area contributed by atoms with Gasteiger partial charge in [0, 0.05) is 10.9 Å². The average Bonchev–Trinajstić information content (AvgIpc) is 2.77. The van der Waals surface area contributed by atoms with Crippen molar-refractivity contribution in [2.24, 2.45) is 5.92 Å². The van der Waals surface area contributed by atoms with Gasteiger partial charge in [-0.2, -0.15) is 0 Å². The van der Waals surface area contributed by atoms with Gasteiger partial charge in [-0.15, -0.1) is 11.8 Å². The molecule has 0 radical (unpaired) electrons. The lowest BCUT2D eigenvalue weighted by Crippen LogP contribution is -2.30. The van der Waals surface area contributed by atoms with Crippen LogP contribution < -0.4 is 5.32 Å². The Morgan fingerprint density at radius 2 is 2.20 bits per heavy atom. The maximum Gasteiger partial charge on any atom is 0.150 e. The first-order valence-electron chi connectivity index (χ1n) is 6.90. The topological polar surface area (TPSA) is 46.2 Å². The summed E-state index contributed by atoms with van der Waals surface area (Å²) in [6, 6.07) is 5.35. The fourth-order valence-electron chi connectivity index (χ4n) is 2.94. The van der Waals surface area contributed by atoms with Gasteiger partial charge in [0.05, 0.1) is 11.5 Å². The van der Waals surface area contributed by atoms with Gasteiger partial charge in [-0.1, -0.05) is 12.1 Å². The highest BCUT2D eigenvalue weighted by molar-refractivity contribution is 7.99. The van der Waals surface area contributed by atoms with Crippen LogP contribution in [0.1, 0.15) is 24.4 Å². The van der Waals surface area contributed by atoms with Crippen molar-refractivity contribution in [2.45, 2.75) is 23.8 Å². The minimum Gasteiger partial charge on any atom is -0.310 e. The predicted molar refractivity (Wildman–Crippen MR) is 79.2 cm³/mol. The van der Waals surface area contributed by atoms with Crippen molar-refractivity contribution in [1.29, 1.82) is 0 Å². The molecule has 0 aromatic heterocycles. The van der Waals surface area contributed by atoms with Crippen LogP contribution in [-0.4, -0.2) is 32.2 Å². The lowest BCUT2D eigenvalue weighted by atomic mass is 10.0. The van der Waals surface area contributed by atoms with Gasteiger partial charge in [-0.25, -0.2) is 12.8 Å². The number of halogens is 1. The molecule has 2 aliphatic rings. The number of hydrogen-bond donors (Lipinski definition) is 1. The molecule has 1 aromatic rings. The van der Waals surface area contributed by atoms with Crippen molar-refractivity contribution in [3.05, 3.63) is 29.6 Å². The first-order chi connectivity index (χ1) is 9.55. The lowest BCUT2D eigenvalue weighted by Gasteiger charge is -2.27. The van der Waals surface area contributed by atoms with Crippen LogP contribution in [0.2, 0.25) is 0 Å². The predicted octanol–water partition coefficient (Wildman–Crippen LogP) is 2.39. The van der Waals surface area contributed by atoms with E-state index in [4.69, 9.17) is 0 Å². The Morgan fingerprint density at radius 3 is 2.95 bits per heavy atom. The average molecular weight is 315 g/mol. The Morgan fingerprint density at radius 1 is 1.35 bits per heavy atom. The minimum atomic E-state index is -2.82. The molecular weight excluding hydrogens is 297 g/mol. The van der Waals surface area contributed by atoms with Crippen LogP contribution >= 0.6 is 11.8 Å². The number of hydrogen-bond acceptors (Lipinski definition) is 4. The zero-order valence-electron chi connectivity index (χ0n) is 11.1. The quantitative estimate of drug-likeness (QED) is 0.930. The second-order valence-electron chi connectivity index (χ2n) is 5.53. The van der Waals surface area contributed by atoms with Crippen LogP contribution in [0.3, 0.4) is 0 Å². The molecule has 2 unspecified atom stereocenters. The Kier molecular flexibility index (Phi) is 4.06. The first-order valence-corrected chi connectivity index (χ1v) is 9.71. The molecule has 0 aliphatic carbocycles. The maximum atomic E-state index is 13.8. The summed E-state index contributed by atoms with van der Waals surface area (Å²) in [4.78, 5) is 0.746. The van der Waals surface area contributed by atoms with Crippen LogP contribution in [0.25, 0.3) is 0 Å². The number of rotatable bonds is 3. The van der Waals surface area contributed by atoms with E-state index >= 15 is 0 Å². The van der Waals surface area contributed by atoms with E-state index in [1.165, 1.54) is 6.07 Å². The third-order valence-electron chi connectivity index (χ3n) is 4.01. The summed E-state index contributed by atoms with van der Waals surface area (Å²) in [5, 5.41) is 3.44. The number of thioether (sulfide) groups is 1. The van der Waals surface area contributed by atoms with Crippen LogP contribution in [0.5, 0.6) is 0 Å². The summed E-state index contributed by atoms with van der Waals surface area (Å²) >= 11 is 1.57. The van der Waals surface area contributed by atoms with E-state index < -0.39 is 9.84 Å². The normalized spacial score (nSPS) is 28.2. The van der Waals surface area contributed by atoms with Crippen LogP contribution in [0.4, 0.5) is 4.39 Å². The van der Waals surface area contributed by atoms with Crippen molar-refractivity contribution in [1.82, 2.24) is 5.32 Å². The lowest BCUT2D eigenvalue weighted by molar-refractivity contribution is 0.440. The highest BCUT2D eigenvalue weighted by Crippen LogP contribution is 2.37. The number of nitrogens with one attached hydrogen (secondary N) is 1. The highest BCUT2D eigenvalue weighted by atomic mass is 32.2. The molecule has 6 heteroatoms. The molecule has 3 nitrogen and oxygen atoms in total. The Labute approximate surface area is 123 Å². The van der Waals surface area contributed by atoms with E-state index in [9.17, 15) is 12.8 Å². The second-order valence-corrected chi connectivity index (χ2v) is 8.86. The molecule has 1 saturated heterocycles. The smallest absolute Gasteiger partial charge is 0.150 e. The molecule has 2 atom stereocenters. The zero-order valence-corrected chi connectivity index (χ0v) is 12.8. The standard InChI is InChI=1S/C14H18FNO2S2/c15-12-3-1-2-11-13(4-6-19-14(11)12)16-8-10-5-7-20(17,18)9-10/h1-3,10,13,16H,4-9H2. The molecule has 20 heavy (non-hydrogen) atoms. The van der Waals surface area contributed by atoms with Crippen LogP contribution in [0, 0.1) is 11.7 Å². The van der Waals surface area contributed by atoms with Crippen molar-refractivity contribution in [3.63, 3.8) is 0 Å². The van der Waals surface area contributed by atoms with Gasteiger partial charge < -0.3 is 5.32 Å². The summed E-state index contributed by atoms with van der Waals surface area (Å²) in [6.07, 6.45) is 1.70. The summed E-state index contributed by atoms with van der Waals surface area (Å²) in [7, 11) is -2.82. The number of sulfone groups is 1. The molecule has 1 aromatic carbocycles. The van der Waals surface area contributed by atoms with Crippen LogP contribution in [0.15, 0.2) is 23.1 Å². The molecule has 1 N–H and O–H groups in total. The summed E-state index contributed by atoms with van der Waals surface area (Å²) < 4.78 is 36.7. The van der Waals surface area contributed by atoms with Gasteiger partial charge in [0.2, 0.25) is 0 Å². The van der Waals surface area contributed by atoms with E-state index in [-0.39, 0.29) is 23.5 Å². The summed E-state index contributed by atoms with van der Waals surface area (Å²) in [6.45, 7) is 0.699. The van der Waals surface area contributed by atoms with Gasteiger partial charge in [0.25, 0.3) is 0 Å². The molecule has 0 amide bonds. The Balaban J connectivity index is 1.67. The summed E-state index contributed by atoms with van der Waals surface area (Å²) in [5.74, 6) is 1.55. The molecule has 3 rings (SSSR count). The molecule has 0 saturated carbocycles. The van der Waals surface area contributed by atoms with Gasteiger partial charge in [-0.05, 0) is 42.7 Å². The van der Waals surface area contributed by atoms with E-state index in [0.29, 0.717) is 12.3 Å². The maximum absolute atomic E-state index is 13.8. The third-order valence-corrected chi connectivity index (χ3v) is 7.00. The van der Waals surface area contributed by atoms with E-state index in [0.717, 1.165) is 29.1 Å². The van der Waals surface area contributed by atoms with Gasteiger partial charge >= 0.3 is 0 Å². The van der Waals surface area contributed by atoms with Crippen molar-refractivity contribution < 1.29 is 12.8 Å². The van der Waals surface area contributed by atoms with E-state index in [2.05, 4.69) is 5.32 Å². The van der Waals surface area contributed by atoms with Crippen molar-refractivity contribution in [2.75, 3.05) is 23.8 Å². The zero-order chi connectivity index (χ0) is 14.2. The molecular formula is C14H18FNO2S2. The minimum absolute atomic E-state index is 0.144. The molecule has 110 valence electrons. The first kappa shape index (κ1) is 14.4. The summed E-state index contributed by atoms with van der Waals surface area (Å²) in [5.41, 5.74) is 1.02. The van der Waals surface area contributed by atoms with Crippen LogP contribution in [-0.2, 0) is 9.84 Å². The Bertz CT molecular complexity index is 603. The Hall–Kier alpha value is -0.590. The number of fused-ring (bicyclic) bond motifs is 1. The molecule has 0 bridgehead atoms. The van der Waals surface area contributed by atoms with Gasteiger partial charge in [-0.3, -0.25) is 0 Å². The molecule has 2 aliphatic heterocycles. The molecule has 0 spiro atoms. The van der Waals surface area contributed by atoms with E-state index in [1.807, 2.05) is 6.07 Å². The van der Waals surface area contributed by atoms with Gasteiger partial charge in [0.1, 0.15) is 5.82 Å². The van der Waals surface area contributed by atoms with E-state index in [1.54, 1.807) is 17.8 Å². The SMILES string of the molecule is O=S1(=O)CCC(CNC2CCSc3c(F)cccc32)C1. The third kappa shape index (κ3) is 3.02. The van der Waals surface area contributed by atoms with Crippen molar-refractivity contribution in [3.8, 4) is 0 Å². The largest absolute Gasteiger partial charge is 0.310 e. The molecule has 2 heterocycles. The molecule has 1 fully saturated rings. The fraction of sp³-hybridized carbons (Fsp3) is 0.571.